The Kier molecular flexibility index (Phi) is 6.04. The summed E-state index contributed by atoms with van der Waals surface area (Å²) in [6.07, 6.45) is 4.67. The number of amides is 1. The van der Waals surface area contributed by atoms with Crippen LogP contribution in [-0.2, 0) is 0 Å². The molecule has 6 nitrogen and oxygen atoms in total. The van der Waals surface area contributed by atoms with E-state index >= 15 is 0 Å². The number of hydrogen-bond acceptors (Lipinski definition) is 4. The molecule has 0 aliphatic carbocycles. The smallest absolute Gasteiger partial charge is 0.255 e. The largest absolute Gasteiger partial charge is 0.370 e. The van der Waals surface area contributed by atoms with E-state index in [9.17, 15) is 4.79 Å². The van der Waals surface area contributed by atoms with E-state index in [1.807, 2.05) is 18.2 Å². The first kappa shape index (κ1) is 19.7. The van der Waals surface area contributed by atoms with Crippen molar-refractivity contribution in [3.63, 3.8) is 0 Å². The number of halogens is 2. The molecule has 0 spiro atoms. The second-order valence-electron chi connectivity index (χ2n) is 6.54. The average Bonchev–Trinajstić information content (AvgIpc) is 3.30. The van der Waals surface area contributed by atoms with Crippen molar-refractivity contribution in [2.45, 2.75) is 6.42 Å². The van der Waals surface area contributed by atoms with Crippen molar-refractivity contribution in [3.8, 4) is 0 Å². The fourth-order valence-corrected chi connectivity index (χ4v) is 4.03. The van der Waals surface area contributed by atoms with Crippen LogP contribution < -0.4 is 16.0 Å². The number of benzene rings is 1. The molecule has 4 N–H and O–H groups in total. The summed E-state index contributed by atoms with van der Waals surface area (Å²) in [7, 11) is 0. The number of carbonyl (C=O) groups excluding carboxylic acids is 1. The van der Waals surface area contributed by atoms with Crippen LogP contribution in [0.5, 0.6) is 0 Å². The van der Waals surface area contributed by atoms with Crippen LogP contribution in [0.1, 0.15) is 16.8 Å². The number of nitrogens with zero attached hydrogens (tertiary/aromatic N) is 2. The van der Waals surface area contributed by atoms with Crippen molar-refractivity contribution in [1.82, 2.24) is 9.97 Å². The summed E-state index contributed by atoms with van der Waals surface area (Å²) < 4.78 is 0.914. The molecule has 0 bridgehead atoms. The van der Waals surface area contributed by atoms with Gasteiger partial charge in [-0.2, -0.15) is 0 Å². The lowest BCUT2D eigenvalue weighted by molar-refractivity contribution is 0.102. The normalized spacial score (nSPS) is 16.4. The van der Waals surface area contributed by atoms with E-state index in [0.29, 0.717) is 18.0 Å². The van der Waals surface area contributed by atoms with Crippen LogP contribution in [0, 0.1) is 5.92 Å². The second kappa shape index (κ2) is 8.29. The number of pyridine rings is 1. The number of nitrogens with two attached hydrogens (primary N) is 1. The summed E-state index contributed by atoms with van der Waals surface area (Å²) >= 11 is 3.64. The number of anilines is 2. The zero-order chi connectivity index (χ0) is 18.1. The predicted octanol–water partition coefficient (Wildman–Crippen LogP) is 3.78. The van der Waals surface area contributed by atoms with Gasteiger partial charge in [0.15, 0.2) is 0 Å². The number of aromatic amines is 1. The highest BCUT2D eigenvalue weighted by atomic mass is 79.9. The summed E-state index contributed by atoms with van der Waals surface area (Å²) in [4.78, 5) is 22.5. The molecule has 1 aliphatic rings. The van der Waals surface area contributed by atoms with Crippen LogP contribution >= 0.6 is 28.3 Å². The van der Waals surface area contributed by atoms with Gasteiger partial charge in [-0.05, 0) is 46.9 Å². The lowest BCUT2D eigenvalue weighted by Gasteiger charge is -2.21. The van der Waals surface area contributed by atoms with E-state index in [-0.39, 0.29) is 18.3 Å². The molecule has 8 heteroatoms. The zero-order valence-electron chi connectivity index (χ0n) is 14.6. The van der Waals surface area contributed by atoms with Gasteiger partial charge in [0.2, 0.25) is 0 Å². The highest BCUT2D eigenvalue weighted by molar-refractivity contribution is 9.10. The van der Waals surface area contributed by atoms with Crippen molar-refractivity contribution >= 4 is 56.7 Å². The van der Waals surface area contributed by atoms with Crippen molar-refractivity contribution in [2.24, 2.45) is 11.7 Å². The van der Waals surface area contributed by atoms with Crippen LogP contribution in [0.25, 0.3) is 11.0 Å². The summed E-state index contributed by atoms with van der Waals surface area (Å²) in [5.74, 6) is 0.352. The number of rotatable bonds is 4. The first-order chi connectivity index (χ1) is 12.7. The van der Waals surface area contributed by atoms with Crippen molar-refractivity contribution in [3.05, 3.63) is 52.8 Å². The molecule has 1 aromatic carbocycles. The summed E-state index contributed by atoms with van der Waals surface area (Å²) in [5, 5.41) is 3.93. The molecule has 4 rings (SSSR count). The topological polar surface area (TPSA) is 87.0 Å². The van der Waals surface area contributed by atoms with Crippen LogP contribution in [0.2, 0.25) is 0 Å². The second-order valence-corrected chi connectivity index (χ2v) is 7.39. The predicted molar refractivity (Wildman–Crippen MR) is 115 cm³/mol. The number of nitrogens with one attached hydrogen (secondary N) is 2. The van der Waals surface area contributed by atoms with E-state index in [1.54, 1.807) is 24.5 Å². The average molecular weight is 451 g/mol. The summed E-state index contributed by atoms with van der Waals surface area (Å²) in [5.41, 5.74) is 9.01. The lowest BCUT2D eigenvalue weighted by Crippen LogP contribution is -2.23. The number of H-pyrrole nitrogens is 1. The Balaban J connectivity index is 0.00000210. The van der Waals surface area contributed by atoms with E-state index in [4.69, 9.17) is 5.73 Å². The maximum Gasteiger partial charge on any atom is 0.255 e. The fraction of sp³-hybridized carbons (Fsp3) is 0.263. The number of fused-ring (bicyclic) bond motifs is 1. The van der Waals surface area contributed by atoms with Gasteiger partial charge < -0.3 is 20.9 Å². The quantitative estimate of drug-likeness (QED) is 0.564. The van der Waals surface area contributed by atoms with Gasteiger partial charge in [0.25, 0.3) is 5.91 Å². The summed E-state index contributed by atoms with van der Waals surface area (Å²) in [6, 6.07) is 9.19. The highest BCUT2D eigenvalue weighted by Gasteiger charge is 2.26. The van der Waals surface area contributed by atoms with Crippen molar-refractivity contribution in [2.75, 3.05) is 29.9 Å². The van der Waals surface area contributed by atoms with Gasteiger partial charge in [0.05, 0.1) is 21.2 Å². The first-order valence-corrected chi connectivity index (χ1v) is 9.43. The van der Waals surface area contributed by atoms with Gasteiger partial charge in [-0.15, -0.1) is 12.4 Å². The molecule has 1 aliphatic heterocycles. The molecule has 0 saturated carbocycles. The minimum atomic E-state index is -0.140. The highest BCUT2D eigenvalue weighted by Crippen LogP contribution is 2.39. The monoisotopic (exact) mass is 449 g/mol. The molecule has 3 aromatic rings. The molecule has 3 heterocycles. The first-order valence-electron chi connectivity index (χ1n) is 8.64. The van der Waals surface area contributed by atoms with Crippen LogP contribution in [0.15, 0.2) is 47.2 Å². The third kappa shape index (κ3) is 3.81. The van der Waals surface area contributed by atoms with Gasteiger partial charge >= 0.3 is 0 Å². The Morgan fingerprint density at radius 3 is 2.85 bits per heavy atom. The van der Waals surface area contributed by atoms with Crippen molar-refractivity contribution < 1.29 is 4.79 Å². The molecule has 1 fully saturated rings. The number of carbonyl (C=O) groups is 1. The zero-order valence-corrected chi connectivity index (χ0v) is 17.0. The standard InChI is InChI=1S/C19H20BrN5O.ClH/c20-14-9-22-18-16(17(14)25-7-6-12(8-21)11-25)15(10-23-18)24-19(26)13-4-2-1-3-5-13;/h1-5,9-10,12H,6-8,11,21H2,(H,22,23)(H,24,26);1H. The molecule has 27 heavy (non-hydrogen) atoms. The van der Waals surface area contributed by atoms with Gasteiger partial charge in [-0.1, -0.05) is 18.2 Å². The molecule has 0 radical (unpaired) electrons. The SMILES string of the molecule is Cl.NCC1CCN(c2c(Br)cnc3[nH]cc(NC(=O)c4ccccc4)c23)C1. The molecule has 1 unspecified atom stereocenters. The van der Waals surface area contributed by atoms with E-state index < -0.39 is 0 Å². The Morgan fingerprint density at radius 2 is 2.15 bits per heavy atom. The fourth-order valence-electron chi connectivity index (χ4n) is 3.48. The molecule has 1 saturated heterocycles. The molecule has 142 valence electrons. The van der Waals surface area contributed by atoms with Gasteiger partial charge in [-0.25, -0.2) is 4.98 Å². The molecule has 1 atom stereocenters. The maximum absolute atomic E-state index is 12.6. The molecule has 2 aromatic heterocycles. The Bertz CT molecular complexity index is 946. The van der Waals surface area contributed by atoms with E-state index in [2.05, 4.69) is 36.1 Å². The molecular formula is C19H21BrClN5O. The van der Waals surface area contributed by atoms with Gasteiger partial charge in [0, 0.05) is 31.0 Å². The Hall–Kier alpha value is -2.09. The minimum absolute atomic E-state index is 0. The Labute approximate surface area is 172 Å². The third-order valence-corrected chi connectivity index (χ3v) is 5.43. The number of aromatic nitrogens is 2. The van der Waals surface area contributed by atoms with Crippen LogP contribution in [0.3, 0.4) is 0 Å². The maximum atomic E-state index is 12.6. The third-order valence-electron chi connectivity index (χ3n) is 4.85. The van der Waals surface area contributed by atoms with Crippen molar-refractivity contribution in [1.29, 1.82) is 0 Å². The van der Waals surface area contributed by atoms with Crippen LogP contribution in [-0.4, -0.2) is 35.5 Å². The van der Waals surface area contributed by atoms with E-state index in [1.165, 1.54) is 0 Å². The summed E-state index contributed by atoms with van der Waals surface area (Å²) in [6.45, 7) is 2.54. The lowest BCUT2D eigenvalue weighted by atomic mass is 10.1. The van der Waals surface area contributed by atoms with E-state index in [0.717, 1.165) is 46.4 Å². The minimum Gasteiger partial charge on any atom is -0.370 e. The van der Waals surface area contributed by atoms with Gasteiger partial charge in [-0.3, -0.25) is 4.79 Å². The Morgan fingerprint density at radius 1 is 1.37 bits per heavy atom. The van der Waals surface area contributed by atoms with Crippen LogP contribution in [0.4, 0.5) is 11.4 Å². The van der Waals surface area contributed by atoms with Gasteiger partial charge in [0.1, 0.15) is 5.65 Å². The number of hydrogen-bond donors (Lipinski definition) is 3. The molecular weight excluding hydrogens is 430 g/mol. The molecule has 1 amide bonds.